The summed E-state index contributed by atoms with van der Waals surface area (Å²) in [5.41, 5.74) is 3.83. The zero-order valence-electron chi connectivity index (χ0n) is 12.5. The Bertz CT molecular complexity index is 416. The third-order valence-corrected chi connectivity index (χ3v) is 4.25. The Kier molecular flexibility index (Phi) is 4.87. The van der Waals surface area contributed by atoms with E-state index in [9.17, 15) is 5.11 Å². The van der Waals surface area contributed by atoms with E-state index in [1.807, 2.05) is 0 Å². The number of anilines is 1. The Morgan fingerprint density at radius 1 is 1.37 bits per heavy atom. The van der Waals surface area contributed by atoms with Gasteiger partial charge in [-0.05, 0) is 42.4 Å². The van der Waals surface area contributed by atoms with E-state index in [2.05, 4.69) is 44.0 Å². The molecule has 0 bridgehead atoms. The highest BCUT2D eigenvalue weighted by molar-refractivity contribution is 5.56. The van der Waals surface area contributed by atoms with Crippen LogP contribution in [0.4, 0.5) is 5.69 Å². The average Bonchev–Trinajstić information content (AvgIpc) is 2.38. The Balaban J connectivity index is 2.08. The molecule has 0 radical (unpaired) electrons. The predicted octanol–water partition coefficient (Wildman–Crippen LogP) is 3.93. The number of aliphatic hydroxyl groups excluding tert-OH is 1. The molecule has 0 fully saturated rings. The van der Waals surface area contributed by atoms with Crippen molar-refractivity contribution in [2.45, 2.75) is 52.1 Å². The van der Waals surface area contributed by atoms with E-state index in [4.69, 9.17) is 0 Å². The second-order valence-electron chi connectivity index (χ2n) is 6.06. The quantitative estimate of drug-likeness (QED) is 0.868. The number of nitrogens with zero attached hydrogens (tertiary/aromatic N) is 1. The summed E-state index contributed by atoms with van der Waals surface area (Å²) in [4.78, 5) is 2.31. The largest absolute Gasteiger partial charge is 0.388 e. The van der Waals surface area contributed by atoms with Gasteiger partial charge in [-0.2, -0.15) is 0 Å². The first-order valence-corrected chi connectivity index (χ1v) is 7.63. The zero-order chi connectivity index (χ0) is 13.8. The minimum Gasteiger partial charge on any atom is -0.388 e. The molecule has 2 unspecified atom stereocenters. The molecule has 1 aromatic carbocycles. The van der Waals surface area contributed by atoms with Crippen molar-refractivity contribution in [3.63, 3.8) is 0 Å². The lowest BCUT2D eigenvalue weighted by Gasteiger charge is -2.28. The van der Waals surface area contributed by atoms with Crippen molar-refractivity contribution in [1.29, 1.82) is 0 Å². The summed E-state index contributed by atoms with van der Waals surface area (Å²) in [7, 11) is 2.15. The molecule has 19 heavy (non-hydrogen) atoms. The van der Waals surface area contributed by atoms with Gasteiger partial charge in [0.15, 0.2) is 0 Å². The van der Waals surface area contributed by atoms with Crippen LogP contribution in [0, 0.1) is 5.92 Å². The van der Waals surface area contributed by atoms with Gasteiger partial charge in [0.25, 0.3) is 0 Å². The monoisotopic (exact) mass is 261 g/mol. The second-order valence-corrected chi connectivity index (χ2v) is 6.06. The first kappa shape index (κ1) is 14.4. The topological polar surface area (TPSA) is 23.5 Å². The number of benzene rings is 1. The van der Waals surface area contributed by atoms with Crippen molar-refractivity contribution in [3.8, 4) is 0 Å². The number of hydrogen-bond donors (Lipinski definition) is 1. The SMILES string of the molecule is CCCC(C)CC(O)c1ccc2c(c1)CCCN2C. The van der Waals surface area contributed by atoms with Gasteiger partial charge in [0.1, 0.15) is 0 Å². The van der Waals surface area contributed by atoms with Gasteiger partial charge in [0.2, 0.25) is 0 Å². The van der Waals surface area contributed by atoms with E-state index in [-0.39, 0.29) is 6.10 Å². The highest BCUT2D eigenvalue weighted by atomic mass is 16.3. The van der Waals surface area contributed by atoms with E-state index >= 15 is 0 Å². The summed E-state index contributed by atoms with van der Waals surface area (Å²) in [6, 6.07) is 6.50. The zero-order valence-corrected chi connectivity index (χ0v) is 12.5. The van der Waals surface area contributed by atoms with E-state index < -0.39 is 0 Å². The van der Waals surface area contributed by atoms with E-state index in [0.29, 0.717) is 5.92 Å². The Morgan fingerprint density at radius 3 is 2.89 bits per heavy atom. The van der Waals surface area contributed by atoms with Gasteiger partial charge in [-0.15, -0.1) is 0 Å². The molecule has 0 amide bonds. The predicted molar refractivity (Wildman–Crippen MR) is 81.7 cm³/mol. The van der Waals surface area contributed by atoms with E-state index in [1.54, 1.807) is 0 Å². The minimum atomic E-state index is -0.306. The van der Waals surface area contributed by atoms with Gasteiger partial charge in [0, 0.05) is 19.3 Å². The molecule has 0 spiro atoms. The van der Waals surface area contributed by atoms with Gasteiger partial charge in [0.05, 0.1) is 6.10 Å². The summed E-state index contributed by atoms with van der Waals surface area (Å²) >= 11 is 0. The first-order chi connectivity index (χ1) is 9.11. The Labute approximate surface area is 117 Å². The van der Waals surface area contributed by atoms with E-state index in [1.165, 1.54) is 30.5 Å². The smallest absolute Gasteiger partial charge is 0.0792 e. The van der Waals surface area contributed by atoms with Crippen LogP contribution >= 0.6 is 0 Å². The first-order valence-electron chi connectivity index (χ1n) is 7.63. The number of rotatable bonds is 5. The summed E-state index contributed by atoms with van der Waals surface area (Å²) in [5.74, 6) is 0.596. The lowest BCUT2D eigenvalue weighted by molar-refractivity contribution is 0.145. The molecule has 2 nitrogen and oxygen atoms in total. The summed E-state index contributed by atoms with van der Waals surface area (Å²) in [6.45, 7) is 5.58. The third-order valence-electron chi connectivity index (χ3n) is 4.25. The highest BCUT2D eigenvalue weighted by Crippen LogP contribution is 2.31. The standard InChI is InChI=1S/C17H27NO/c1-4-6-13(2)11-17(19)15-8-9-16-14(12-15)7-5-10-18(16)3/h8-9,12-13,17,19H,4-7,10-11H2,1-3H3. The van der Waals surface area contributed by atoms with Gasteiger partial charge in [-0.25, -0.2) is 0 Å². The normalized spacial score (nSPS) is 18.0. The number of fused-ring (bicyclic) bond motifs is 1. The summed E-state index contributed by atoms with van der Waals surface area (Å²) in [6.07, 6.45) is 5.33. The van der Waals surface area contributed by atoms with Crippen molar-refractivity contribution < 1.29 is 5.11 Å². The highest BCUT2D eigenvalue weighted by Gasteiger charge is 2.17. The Hall–Kier alpha value is -1.02. The number of hydrogen-bond acceptors (Lipinski definition) is 2. The molecule has 1 heterocycles. The minimum absolute atomic E-state index is 0.306. The molecule has 1 aliphatic rings. The van der Waals surface area contributed by atoms with Crippen LogP contribution < -0.4 is 4.90 Å². The van der Waals surface area contributed by atoms with Crippen LogP contribution in [0.5, 0.6) is 0 Å². The van der Waals surface area contributed by atoms with Crippen LogP contribution in [0.25, 0.3) is 0 Å². The molecular formula is C17H27NO. The van der Waals surface area contributed by atoms with Crippen molar-refractivity contribution >= 4 is 5.69 Å². The lowest BCUT2D eigenvalue weighted by atomic mass is 9.92. The molecule has 2 rings (SSSR count). The molecule has 0 saturated heterocycles. The van der Waals surface area contributed by atoms with Crippen LogP contribution in [0.1, 0.15) is 56.8 Å². The molecule has 1 aliphatic heterocycles. The van der Waals surface area contributed by atoms with Gasteiger partial charge < -0.3 is 10.0 Å². The number of aryl methyl sites for hydroxylation is 1. The molecule has 1 N–H and O–H groups in total. The molecule has 2 atom stereocenters. The van der Waals surface area contributed by atoms with Crippen LogP contribution in [0.2, 0.25) is 0 Å². The summed E-state index contributed by atoms with van der Waals surface area (Å²) < 4.78 is 0. The fraction of sp³-hybridized carbons (Fsp3) is 0.647. The second kappa shape index (κ2) is 6.42. The molecule has 0 saturated carbocycles. The summed E-state index contributed by atoms with van der Waals surface area (Å²) in [5, 5.41) is 10.4. The number of aliphatic hydroxyl groups is 1. The van der Waals surface area contributed by atoms with Gasteiger partial charge in [-0.3, -0.25) is 0 Å². The van der Waals surface area contributed by atoms with Crippen molar-refractivity contribution in [2.24, 2.45) is 5.92 Å². The molecule has 2 heteroatoms. The van der Waals surface area contributed by atoms with E-state index in [0.717, 1.165) is 24.9 Å². The fourth-order valence-corrected chi connectivity index (χ4v) is 3.14. The van der Waals surface area contributed by atoms with Gasteiger partial charge in [-0.1, -0.05) is 38.8 Å². The maximum absolute atomic E-state index is 10.4. The van der Waals surface area contributed by atoms with Crippen LogP contribution in [0.3, 0.4) is 0 Å². The van der Waals surface area contributed by atoms with Crippen LogP contribution in [-0.2, 0) is 6.42 Å². The lowest BCUT2D eigenvalue weighted by Crippen LogP contribution is -2.24. The van der Waals surface area contributed by atoms with Gasteiger partial charge >= 0.3 is 0 Å². The average molecular weight is 261 g/mol. The van der Waals surface area contributed by atoms with Crippen molar-refractivity contribution in [2.75, 3.05) is 18.5 Å². The maximum Gasteiger partial charge on any atom is 0.0792 e. The molecule has 1 aromatic rings. The molecule has 106 valence electrons. The molecule has 0 aliphatic carbocycles. The van der Waals surface area contributed by atoms with Crippen molar-refractivity contribution in [3.05, 3.63) is 29.3 Å². The third kappa shape index (κ3) is 3.50. The van der Waals surface area contributed by atoms with Crippen LogP contribution in [-0.4, -0.2) is 18.7 Å². The van der Waals surface area contributed by atoms with Crippen LogP contribution in [0.15, 0.2) is 18.2 Å². The fourth-order valence-electron chi connectivity index (χ4n) is 3.14. The molecule has 0 aromatic heterocycles. The maximum atomic E-state index is 10.4. The Morgan fingerprint density at radius 2 is 2.16 bits per heavy atom. The molecular weight excluding hydrogens is 234 g/mol. The van der Waals surface area contributed by atoms with Crippen molar-refractivity contribution in [1.82, 2.24) is 0 Å².